The van der Waals surface area contributed by atoms with Crippen molar-refractivity contribution >= 4 is 57.9 Å². The number of nitrogens with zero attached hydrogens (tertiary/aromatic N) is 4. The number of hydrogen-bond donors (Lipinski definition) is 2. The minimum absolute atomic E-state index is 0.0159. The Morgan fingerprint density at radius 3 is 2.33 bits per heavy atom. The van der Waals surface area contributed by atoms with Crippen molar-refractivity contribution in [3.8, 4) is 0 Å². The van der Waals surface area contributed by atoms with Gasteiger partial charge in [-0.15, -0.1) is 0 Å². The Labute approximate surface area is 205 Å². The molecular weight excluding hydrogens is 601 g/mol. The van der Waals surface area contributed by atoms with Gasteiger partial charge < -0.3 is 15.1 Å². The summed E-state index contributed by atoms with van der Waals surface area (Å²) < 4.78 is 58.1. The number of hydrogen-bond acceptors (Lipinski definition) is 7. The molecule has 0 amide bonds. The van der Waals surface area contributed by atoms with Gasteiger partial charge in [0.1, 0.15) is 4.99 Å². The Bertz CT molecular complexity index is 1030. The first-order valence-corrected chi connectivity index (χ1v) is 13.7. The summed E-state index contributed by atoms with van der Waals surface area (Å²) in [6.45, 7) is 1.03. The van der Waals surface area contributed by atoms with Crippen LogP contribution < -0.4 is 4.90 Å². The number of aliphatic hydroxyl groups excluding tert-OH is 2. The fourth-order valence-corrected chi connectivity index (χ4v) is 8.57. The van der Waals surface area contributed by atoms with E-state index < -0.39 is 44.8 Å². The maximum atomic E-state index is 14.6. The van der Waals surface area contributed by atoms with Gasteiger partial charge in [0, 0.05) is 56.7 Å². The van der Waals surface area contributed by atoms with Crippen LogP contribution in [0.5, 0.6) is 0 Å². The molecule has 0 radical (unpaired) electrons. The van der Waals surface area contributed by atoms with Gasteiger partial charge in [-0.3, -0.25) is 15.0 Å². The predicted octanol–water partition coefficient (Wildman–Crippen LogP) is 1.88. The maximum Gasteiger partial charge on any atom is 0.418 e. The van der Waals surface area contributed by atoms with Crippen molar-refractivity contribution in [2.45, 2.75) is 17.2 Å². The lowest BCUT2D eigenvalue weighted by atomic mass is 10.1. The van der Waals surface area contributed by atoms with Gasteiger partial charge in [-0.1, -0.05) is 31.9 Å². The largest absolute Gasteiger partial charge is 0.418 e. The molecule has 2 atom stereocenters. The third kappa shape index (κ3) is 5.04. The minimum atomic E-state index is -4.89. The molecule has 0 bridgehead atoms. The molecule has 15 heteroatoms. The standard InChI is InChI=1S/C18H23Br2F3N4O5S/c19-1-2-26-16(9-20)33(32,25-5-3-24(4-6-25)10-13(29)11-28)15-8-12(27(30)31)7-14(17(15)26)18(21,22)23/h7-8,13,28-29H,1-6,9-11H2. The van der Waals surface area contributed by atoms with Crippen molar-refractivity contribution in [3.63, 3.8) is 0 Å². The number of nitro groups is 1. The highest BCUT2D eigenvalue weighted by Gasteiger charge is 2.46. The highest BCUT2D eigenvalue weighted by molar-refractivity contribution is 9.09. The SMILES string of the molecule is O=[N+]([O-])c1cc(C(F)(F)F)c2c(c1)S(=O)(N1CCN(CC(O)CO)CC1)=C(CBr)N2CCBr. The lowest BCUT2D eigenvalue weighted by Gasteiger charge is -2.37. The van der Waals surface area contributed by atoms with Crippen LogP contribution in [0.15, 0.2) is 17.0 Å². The molecule has 2 heterocycles. The Kier molecular flexibility index (Phi) is 8.34. The van der Waals surface area contributed by atoms with E-state index in [0.717, 1.165) is 6.07 Å². The lowest BCUT2D eigenvalue weighted by molar-refractivity contribution is -0.385. The highest BCUT2D eigenvalue weighted by atomic mass is 79.9. The van der Waals surface area contributed by atoms with Crippen LogP contribution in [-0.4, -0.2) is 96.2 Å². The first-order chi connectivity index (χ1) is 15.5. The molecule has 2 unspecified atom stereocenters. The van der Waals surface area contributed by atoms with E-state index >= 15 is 0 Å². The third-order valence-corrected chi connectivity index (χ3v) is 9.82. The predicted molar refractivity (Wildman–Crippen MR) is 126 cm³/mol. The van der Waals surface area contributed by atoms with Gasteiger partial charge in [0.2, 0.25) is 0 Å². The monoisotopic (exact) mass is 622 g/mol. The van der Waals surface area contributed by atoms with Gasteiger partial charge in [-0.2, -0.15) is 13.2 Å². The molecule has 0 spiro atoms. The van der Waals surface area contributed by atoms with E-state index in [1.54, 1.807) is 4.31 Å². The van der Waals surface area contributed by atoms with E-state index in [0.29, 0.717) is 24.5 Å². The Hall–Kier alpha value is -0.970. The molecule has 0 aromatic heterocycles. The van der Waals surface area contributed by atoms with Crippen LogP contribution in [0.2, 0.25) is 0 Å². The van der Waals surface area contributed by atoms with Crippen molar-refractivity contribution < 1.29 is 32.5 Å². The summed E-state index contributed by atoms with van der Waals surface area (Å²) in [5.41, 5.74) is -2.28. The zero-order valence-corrected chi connectivity index (χ0v) is 21.3. The second-order valence-electron chi connectivity index (χ2n) is 7.55. The van der Waals surface area contributed by atoms with E-state index in [2.05, 4.69) is 31.9 Å². The number of non-ortho nitro benzene ring substituents is 1. The van der Waals surface area contributed by atoms with Crippen LogP contribution >= 0.6 is 31.9 Å². The molecule has 1 aromatic rings. The van der Waals surface area contributed by atoms with Crippen molar-refractivity contribution in [2.24, 2.45) is 0 Å². The Balaban J connectivity index is 2.16. The van der Waals surface area contributed by atoms with E-state index in [1.807, 2.05) is 4.90 Å². The van der Waals surface area contributed by atoms with E-state index in [1.165, 1.54) is 4.90 Å². The minimum Gasteiger partial charge on any atom is -0.394 e. The van der Waals surface area contributed by atoms with Crippen molar-refractivity contribution in [1.82, 2.24) is 9.21 Å². The lowest BCUT2D eigenvalue weighted by Crippen LogP contribution is -2.52. The quantitative estimate of drug-likeness (QED) is 0.197. The van der Waals surface area contributed by atoms with Crippen LogP contribution in [0, 0.1) is 10.1 Å². The summed E-state index contributed by atoms with van der Waals surface area (Å²) in [7, 11) is -3.41. The molecule has 33 heavy (non-hydrogen) atoms. The molecule has 1 saturated heterocycles. The summed E-state index contributed by atoms with van der Waals surface area (Å²) in [6.07, 6.45) is -5.82. The van der Waals surface area contributed by atoms with E-state index in [4.69, 9.17) is 5.11 Å². The van der Waals surface area contributed by atoms with E-state index in [-0.39, 0.29) is 47.1 Å². The van der Waals surface area contributed by atoms with Crippen LogP contribution in [0.4, 0.5) is 24.5 Å². The van der Waals surface area contributed by atoms with Crippen molar-refractivity contribution in [3.05, 3.63) is 27.8 Å². The smallest absolute Gasteiger partial charge is 0.394 e. The Morgan fingerprint density at radius 2 is 1.85 bits per heavy atom. The maximum absolute atomic E-state index is 14.6. The van der Waals surface area contributed by atoms with Crippen molar-refractivity contribution in [2.75, 3.05) is 61.4 Å². The zero-order chi connectivity index (χ0) is 24.6. The number of aliphatic hydroxyl groups is 2. The molecule has 2 N–H and O–H groups in total. The molecule has 0 saturated carbocycles. The second kappa shape index (κ2) is 10.3. The number of benzene rings is 1. The van der Waals surface area contributed by atoms with Gasteiger partial charge in [-0.05, 0) is 0 Å². The molecule has 9 nitrogen and oxygen atoms in total. The number of anilines is 1. The molecule has 186 valence electrons. The van der Waals surface area contributed by atoms with E-state index in [9.17, 15) is 32.6 Å². The Morgan fingerprint density at radius 1 is 1.21 bits per heavy atom. The number of piperazine rings is 1. The van der Waals surface area contributed by atoms with Gasteiger partial charge in [0.15, 0.2) is 0 Å². The topological polar surface area (TPSA) is 110 Å². The van der Waals surface area contributed by atoms with Gasteiger partial charge in [0.05, 0.1) is 48.8 Å². The van der Waals surface area contributed by atoms with Gasteiger partial charge in [0.25, 0.3) is 5.69 Å². The number of nitro benzene ring substituents is 1. The summed E-state index contributed by atoms with van der Waals surface area (Å²) in [5.74, 6) is 0. The summed E-state index contributed by atoms with van der Waals surface area (Å²) >= 11 is 6.51. The molecule has 0 aliphatic carbocycles. The summed E-state index contributed by atoms with van der Waals surface area (Å²) in [5, 5.41) is 30.5. The number of fused-ring (bicyclic) bond motifs is 1. The fraction of sp³-hybridized carbons (Fsp3) is 0.611. The molecule has 3 rings (SSSR count). The first-order valence-electron chi connectivity index (χ1n) is 9.94. The van der Waals surface area contributed by atoms with Gasteiger partial charge in [-0.25, -0.2) is 8.51 Å². The zero-order valence-electron chi connectivity index (χ0n) is 17.3. The van der Waals surface area contributed by atoms with Crippen LogP contribution in [0.3, 0.4) is 0 Å². The average molecular weight is 624 g/mol. The normalized spacial score (nSPS) is 23.1. The third-order valence-electron chi connectivity index (χ3n) is 5.56. The van der Waals surface area contributed by atoms with Crippen LogP contribution in [0.1, 0.15) is 5.56 Å². The summed E-state index contributed by atoms with van der Waals surface area (Å²) in [6, 6.07) is 1.48. The van der Waals surface area contributed by atoms with Crippen LogP contribution in [-0.2, 0) is 15.9 Å². The molecular formula is C18H23Br2F3N4O5S. The number of rotatable bonds is 8. The molecule has 2 aliphatic heterocycles. The summed E-state index contributed by atoms with van der Waals surface area (Å²) in [4.78, 5) is 13.7. The molecule has 2 aliphatic rings. The number of alkyl halides is 5. The fourth-order valence-electron chi connectivity index (χ4n) is 4.09. The highest BCUT2D eigenvalue weighted by Crippen LogP contribution is 2.47. The van der Waals surface area contributed by atoms with Gasteiger partial charge >= 0.3 is 6.18 Å². The number of halogens is 5. The number of β-amino-alcohol motifs (C(OH)–C–C–N with tert-alkyl or cyclic N) is 1. The second-order valence-corrected chi connectivity index (χ2v) is 11.4. The van der Waals surface area contributed by atoms with Crippen LogP contribution in [0.25, 0.3) is 0 Å². The first kappa shape index (κ1) is 26.6. The van der Waals surface area contributed by atoms with Crippen molar-refractivity contribution in [1.29, 1.82) is 0 Å². The molecule has 1 fully saturated rings. The average Bonchev–Trinajstić information content (AvgIpc) is 3.01. The molecule has 1 aromatic carbocycles.